The maximum atomic E-state index is 12.7. The van der Waals surface area contributed by atoms with Gasteiger partial charge in [0.05, 0.1) is 25.9 Å². The highest BCUT2D eigenvalue weighted by Gasteiger charge is 2.28. The number of rotatable bonds is 41. The summed E-state index contributed by atoms with van der Waals surface area (Å²) in [7, 11) is -9.73. The fourth-order valence-corrected chi connectivity index (χ4v) is 6.52. The number of allylic oxidation sites excluding steroid dienone is 12. The number of unbranched alkanes of at least 4 members (excludes halogenated alkanes) is 11. The summed E-state index contributed by atoms with van der Waals surface area (Å²) in [6.45, 7) is 1.51. The van der Waals surface area contributed by atoms with Crippen molar-refractivity contribution in [2.24, 2.45) is 0 Å². The maximum absolute atomic E-state index is 12.7. The monoisotopic (exact) mass is 916 g/mol. The predicted octanol–water partition coefficient (Wildman–Crippen LogP) is 10.5. The molecule has 1 unspecified atom stereocenters. The van der Waals surface area contributed by atoms with Crippen LogP contribution in [0.2, 0.25) is 0 Å². The molecule has 0 aromatic heterocycles. The number of carbonyl (C=O) groups is 2. The Balaban J connectivity index is 4.71. The Morgan fingerprint density at radius 3 is 1.65 bits per heavy atom. The molecule has 0 heterocycles. The molecule has 16 heteroatoms. The number of hydrogen-bond acceptors (Lipinski definition) is 11. The van der Waals surface area contributed by atoms with Gasteiger partial charge in [0.1, 0.15) is 12.7 Å². The predicted molar refractivity (Wildman–Crippen MR) is 245 cm³/mol. The summed E-state index contributed by atoms with van der Waals surface area (Å²) < 4.78 is 47.7. The van der Waals surface area contributed by atoms with Gasteiger partial charge in [-0.05, 0) is 83.5 Å². The number of ether oxygens (including phenoxy) is 2. The molecule has 0 saturated carbocycles. The average Bonchev–Trinajstić information content (AvgIpc) is 3.23. The molecular weight excluding hydrogens is 838 g/mol. The van der Waals surface area contributed by atoms with E-state index in [9.17, 15) is 33.8 Å². The van der Waals surface area contributed by atoms with Gasteiger partial charge in [0.25, 0.3) is 0 Å². The molecule has 14 nitrogen and oxygen atoms in total. The Morgan fingerprint density at radius 1 is 0.532 bits per heavy atom. The first-order chi connectivity index (χ1) is 29.8. The van der Waals surface area contributed by atoms with Crippen molar-refractivity contribution in [3.05, 3.63) is 85.1 Å². The first-order valence-corrected chi connectivity index (χ1v) is 25.4. The lowest BCUT2D eigenvalue weighted by Crippen LogP contribution is -2.30. The number of hydrogen-bond donors (Lipinski definition) is 5. The second-order valence-electron chi connectivity index (χ2n) is 14.8. The molecule has 0 bridgehead atoms. The van der Waals surface area contributed by atoms with Crippen molar-refractivity contribution >= 4 is 27.6 Å². The van der Waals surface area contributed by atoms with E-state index in [4.69, 9.17) is 23.8 Å². The van der Waals surface area contributed by atoms with E-state index in [0.717, 1.165) is 51.4 Å². The van der Waals surface area contributed by atoms with E-state index in [0.29, 0.717) is 32.1 Å². The smallest absolute Gasteiger partial charge is 0.462 e. The van der Waals surface area contributed by atoms with Crippen LogP contribution in [-0.2, 0) is 41.8 Å². The first-order valence-electron chi connectivity index (χ1n) is 22.4. The summed E-state index contributed by atoms with van der Waals surface area (Å²) >= 11 is 0. The van der Waals surface area contributed by atoms with Crippen molar-refractivity contribution in [3.63, 3.8) is 0 Å². The molecule has 0 aliphatic heterocycles. The number of phosphoric ester groups is 2. The van der Waals surface area contributed by atoms with Crippen molar-refractivity contribution < 1.29 is 66.7 Å². The second-order valence-corrected chi connectivity index (χ2v) is 17.5. The Kier molecular flexibility index (Phi) is 39.2. The van der Waals surface area contributed by atoms with Crippen molar-refractivity contribution in [2.45, 2.75) is 167 Å². The second kappa shape index (κ2) is 41.0. The van der Waals surface area contributed by atoms with Crippen LogP contribution in [0.3, 0.4) is 0 Å². The highest BCUT2D eigenvalue weighted by molar-refractivity contribution is 7.47. The molecule has 356 valence electrons. The molecule has 0 aromatic carbocycles. The summed E-state index contributed by atoms with van der Waals surface area (Å²) in [5.41, 5.74) is 0. The van der Waals surface area contributed by atoms with Crippen LogP contribution in [0.25, 0.3) is 0 Å². The summed E-state index contributed by atoms with van der Waals surface area (Å²) in [5.74, 6) is -1.17. The lowest BCUT2D eigenvalue weighted by Gasteiger charge is -2.20. The van der Waals surface area contributed by atoms with E-state index in [1.165, 1.54) is 38.5 Å². The molecular formula is C46H78O14P2. The van der Waals surface area contributed by atoms with Crippen LogP contribution in [0.15, 0.2) is 85.1 Å². The van der Waals surface area contributed by atoms with Crippen LogP contribution >= 0.6 is 15.6 Å². The minimum atomic E-state index is -4.88. The lowest BCUT2D eigenvalue weighted by atomic mass is 10.1. The van der Waals surface area contributed by atoms with E-state index in [1.807, 2.05) is 36.5 Å². The molecule has 0 spiro atoms. The largest absolute Gasteiger partial charge is 0.472 e. The number of phosphoric acid groups is 2. The van der Waals surface area contributed by atoms with Gasteiger partial charge in [-0.25, -0.2) is 9.13 Å². The third kappa shape index (κ3) is 43.9. The standard InChI is InChI=1S/C46H78O14P2/c1-3-5-7-9-11-12-13-14-15-16-17-18-19-20-24-29-33-37-46(50)60-44(41-59-62(54,55)58-39-43(48)38-57-61(51,52)53)40-56-45(49)36-32-28-25-21-23-27-31-35-42(47)34-30-26-22-10-8-6-4-2/h11-12,14-15,17-18,21-22,25-27,30-31,34,42-44,47-48H,3-10,13,16,19-20,23-24,28-29,32-33,35-41H2,1-2H3,(H,54,55)(H2,51,52,53)/b12-11-,15-14-,18-17-,25-21+,26-22-,31-27-,34-30-/t42-,43+,44-/m1/s1. The summed E-state index contributed by atoms with van der Waals surface area (Å²) in [6, 6.07) is 0. The average molecular weight is 917 g/mol. The molecule has 5 N–H and O–H groups in total. The third-order valence-corrected chi connectivity index (χ3v) is 10.3. The summed E-state index contributed by atoms with van der Waals surface area (Å²) in [5, 5.41) is 19.8. The van der Waals surface area contributed by atoms with Crippen LogP contribution in [0, 0.1) is 0 Å². The van der Waals surface area contributed by atoms with Gasteiger partial charge in [0.2, 0.25) is 0 Å². The zero-order chi connectivity index (χ0) is 46.0. The van der Waals surface area contributed by atoms with Gasteiger partial charge < -0.3 is 34.4 Å². The van der Waals surface area contributed by atoms with E-state index in [-0.39, 0.29) is 12.8 Å². The van der Waals surface area contributed by atoms with Gasteiger partial charge >= 0.3 is 27.6 Å². The van der Waals surface area contributed by atoms with Gasteiger partial charge in [0.15, 0.2) is 6.10 Å². The van der Waals surface area contributed by atoms with Gasteiger partial charge in [-0.15, -0.1) is 0 Å². The van der Waals surface area contributed by atoms with Gasteiger partial charge in [0, 0.05) is 12.8 Å². The lowest BCUT2D eigenvalue weighted by molar-refractivity contribution is -0.161. The normalized spacial score (nSPS) is 15.3. The molecule has 0 amide bonds. The summed E-state index contributed by atoms with van der Waals surface area (Å²) in [4.78, 5) is 52.7. The Morgan fingerprint density at radius 2 is 1.03 bits per heavy atom. The molecule has 0 radical (unpaired) electrons. The Bertz CT molecular complexity index is 1430. The van der Waals surface area contributed by atoms with E-state index in [1.54, 1.807) is 6.08 Å². The molecule has 4 atom stereocenters. The number of esters is 2. The molecule has 0 aliphatic carbocycles. The topological polar surface area (TPSA) is 216 Å². The maximum Gasteiger partial charge on any atom is 0.472 e. The number of carbonyl (C=O) groups excluding carboxylic acids is 2. The summed E-state index contributed by atoms with van der Waals surface area (Å²) in [6.07, 6.45) is 43.1. The van der Waals surface area contributed by atoms with E-state index in [2.05, 4.69) is 65.4 Å². The van der Waals surface area contributed by atoms with E-state index >= 15 is 0 Å². The van der Waals surface area contributed by atoms with Crippen LogP contribution in [0.1, 0.15) is 149 Å². The van der Waals surface area contributed by atoms with Crippen LogP contribution in [0.4, 0.5) is 0 Å². The highest BCUT2D eigenvalue weighted by Crippen LogP contribution is 2.43. The Hall–Kier alpha value is -2.74. The molecule has 0 saturated heterocycles. The van der Waals surface area contributed by atoms with Crippen LogP contribution in [0.5, 0.6) is 0 Å². The number of aliphatic hydroxyl groups excluding tert-OH is 2. The fourth-order valence-electron chi connectivity index (χ4n) is 5.37. The van der Waals surface area contributed by atoms with Gasteiger partial charge in [-0.3, -0.25) is 23.2 Å². The van der Waals surface area contributed by atoms with Gasteiger partial charge in [-0.2, -0.15) is 0 Å². The molecule has 0 fully saturated rings. The zero-order valence-corrected chi connectivity index (χ0v) is 39.1. The molecule has 0 rings (SSSR count). The highest BCUT2D eigenvalue weighted by atomic mass is 31.2. The van der Waals surface area contributed by atoms with Gasteiger partial charge in [-0.1, -0.05) is 137 Å². The van der Waals surface area contributed by atoms with Crippen molar-refractivity contribution in [1.82, 2.24) is 0 Å². The van der Waals surface area contributed by atoms with Crippen molar-refractivity contribution in [1.29, 1.82) is 0 Å². The SMILES string of the molecule is CCCCC/C=C\C=C/[C@@H](O)C/C=C\C/C=C/CCCC(=O)OC[C@H](COP(=O)(O)OC[C@@H](O)COP(=O)(O)O)OC(=O)CCCCCC/C=C\C/C=C\C/C=C\CCCCC. The molecule has 0 aliphatic rings. The van der Waals surface area contributed by atoms with Crippen molar-refractivity contribution in [3.8, 4) is 0 Å². The first kappa shape index (κ1) is 59.3. The number of aliphatic hydroxyl groups is 2. The molecule has 62 heavy (non-hydrogen) atoms. The van der Waals surface area contributed by atoms with Crippen LogP contribution in [-0.4, -0.2) is 81.6 Å². The minimum Gasteiger partial charge on any atom is -0.462 e. The minimum absolute atomic E-state index is 0.0756. The van der Waals surface area contributed by atoms with Crippen LogP contribution < -0.4 is 0 Å². The zero-order valence-electron chi connectivity index (χ0n) is 37.3. The molecule has 0 aromatic rings. The van der Waals surface area contributed by atoms with Crippen molar-refractivity contribution in [2.75, 3.05) is 26.4 Å². The quantitative estimate of drug-likeness (QED) is 0.0127. The van der Waals surface area contributed by atoms with E-state index < -0.39 is 72.3 Å². The Labute approximate surface area is 371 Å². The fraction of sp³-hybridized carbons (Fsp3) is 0.652. The third-order valence-electron chi connectivity index (χ3n) is 8.83.